The number of nitrogens with zero attached hydrogens (tertiary/aromatic N) is 1. The predicted molar refractivity (Wildman–Crippen MR) is 81.4 cm³/mol. The Hall–Kier alpha value is -1.42. The molecule has 0 saturated carbocycles. The van der Waals surface area contributed by atoms with Crippen LogP contribution >= 0.6 is 11.6 Å². The van der Waals surface area contributed by atoms with Gasteiger partial charge in [0.25, 0.3) is 0 Å². The van der Waals surface area contributed by atoms with E-state index in [9.17, 15) is 0 Å². The van der Waals surface area contributed by atoms with Gasteiger partial charge in [0.15, 0.2) is 0 Å². The van der Waals surface area contributed by atoms with E-state index in [0.717, 1.165) is 28.6 Å². The Morgan fingerprint density at radius 2 is 2.26 bits per heavy atom. The summed E-state index contributed by atoms with van der Waals surface area (Å²) in [6, 6.07) is 7.79. The third kappa shape index (κ3) is 3.13. The van der Waals surface area contributed by atoms with Crippen LogP contribution in [0, 0.1) is 0 Å². The fraction of sp³-hybridized carbons (Fsp3) is 0.267. The van der Waals surface area contributed by atoms with E-state index in [4.69, 9.17) is 17.3 Å². The number of halogens is 1. The highest BCUT2D eigenvalue weighted by Gasteiger charge is 2.14. The molecule has 1 aromatic heterocycles. The number of nitrogens with two attached hydrogens (primary N) is 1. The summed E-state index contributed by atoms with van der Waals surface area (Å²) in [5.74, 6) is 0. The van der Waals surface area contributed by atoms with Crippen molar-refractivity contribution in [1.82, 2.24) is 10.3 Å². The van der Waals surface area contributed by atoms with Gasteiger partial charge < -0.3 is 11.1 Å². The summed E-state index contributed by atoms with van der Waals surface area (Å²) < 4.78 is 0. The monoisotopic (exact) mass is 275 g/mol. The Morgan fingerprint density at radius 3 is 2.95 bits per heavy atom. The molecule has 0 radical (unpaired) electrons. The number of hydrogen-bond acceptors (Lipinski definition) is 3. The standard InChI is InChI=1S/C15H18ClN3/c1-10(2)9-19-14(8-17)12-5-6-13(16)11-4-3-7-18-15(11)12/h3-7,14,19H,1,8-9,17H2,2H3. The van der Waals surface area contributed by atoms with Crippen LogP contribution in [-0.2, 0) is 0 Å². The molecule has 1 heterocycles. The maximum atomic E-state index is 6.20. The molecule has 4 heteroatoms. The van der Waals surface area contributed by atoms with Crippen LogP contribution in [0.15, 0.2) is 42.6 Å². The Kier molecular flexibility index (Phi) is 4.53. The lowest BCUT2D eigenvalue weighted by Crippen LogP contribution is -2.29. The van der Waals surface area contributed by atoms with Crippen LogP contribution in [0.5, 0.6) is 0 Å². The molecule has 0 amide bonds. The molecule has 100 valence electrons. The van der Waals surface area contributed by atoms with Gasteiger partial charge in [-0.05, 0) is 30.7 Å². The van der Waals surface area contributed by atoms with Gasteiger partial charge in [0.1, 0.15) is 0 Å². The van der Waals surface area contributed by atoms with E-state index in [1.807, 2.05) is 31.2 Å². The van der Waals surface area contributed by atoms with E-state index in [2.05, 4.69) is 16.9 Å². The zero-order chi connectivity index (χ0) is 13.8. The van der Waals surface area contributed by atoms with Gasteiger partial charge in [-0.2, -0.15) is 0 Å². The maximum absolute atomic E-state index is 6.20. The van der Waals surface area contributed by atoms with Crippen molar-refractivity contribution in [3.63, 3.8) is 0 Å². The van der Waals surface area contributed by atoms with Gasteiger partial charge in [-0.3, -0.25) is 4.98 Å². The van der Waals surface area contributed by atoms with Crippen molar-refractivity contribution in [2.24, 2.45) is 5.73 Å². The number of pyridine rings is 1. The lowest BCUT2D eigenvalue weighted by molar-refractivity contribution is 0.572. The van der Waals surface area contributed by atoms with Gasteiger partial charge in [0, 0.05) is 35.7 Å². The van der Waals surface area contributed by atoms with Crippen molar-refractivity contribution in [2.45, 2.75) is 13.0 Å². The number of aromatic nitrogens is 1. The molecule has 19 heavy (non-hydrogen) atoms. The average molecular weight is 276 g/mol. The first-order chi connectivity index (χ1) is 9.13. The van der Waals surface area contributed by atoms with Gasteiger partial charge in [-0.25, -0.2) is 0 Å². The minimum atomic E-state index is 0.0476. The first-order valence-electron chi connectivity index (χ1n) is 6.24. The Balaban J connectivity index is 2.43. The van der Waals surface area contributed by atoms with E-state index in [0.29, 0.717) is 11.6 Å². The van der Waals surface area contributed by atoms with E-state index in [1.54, 1.807) is 6.20 Å². The second-order valence-corrected chi connectivity index (χ2v) is 5.07. The van der Waals surface area contributed by atoms with Gasteiger partial charge in [-0.1, -0.05) is 29.8 Å². The lowest BCUT2D eigenvalue weighted by Gasteiger charge is -2.19. The zero-order valence-electron chi connectivity index (χ0n) is 11.0. The maximum Gasteiger partial charge on any atom is 0.0765 e. The minimum absolute atomic E-state index is 0.0476. The lowest BCUT2D eigenvalue weighted by atomic mass is 10.0. The molecule has 0 bridgehead atoms. The Labute approximate surface area is 118 Å². The predicted octanol–water partition coefficient (Wildman–Crippen LogP) is 3.05. The van der Waals surface area contributed by atoms with Crippen LogP contribution in [0.4, 0.5) is 0 Å². The van der Waals surface area contributed by atoms with Gasteiger partial charge in [-0.15, -0.1) is 0 Å². The average Bonchev–Trinajstić information content (AvgIpc) is 2.41. The van der Waals surface area contributed by atoms with Gasteiger partial charge >= 0.3 is 0 Å². The summed E-state index contributed by atoms with van der Waals surface area (Å²) in [6.45, 7) is 7.11. The van der Waals surface area contributed by atoms with Crippen molar-refractivity contribution >= 4 is 22.5 Å². The largest absolute Gasteiger partial charge is 0.329 e. The molecule has 3 N–H and O–H groups in total. The number of nitrogens with one attached hydrogen (secondary N) is 1. The zero-order valence-corrected chi connectivity index (χ0v) is 11.7. The van der Waals surface area contributed by atoms with Crippen LogP contribution in [0.3, 0.4) is 0 Å². The van der Waals surface area contributed by atoms with Gasteiger partial charge in [0.2, 0.25) is 0 Å². The number of fused-ring (bicyclic) bond motifs is 1. The summed E-state index contributed by atoms with van der Waals surface area (Å²) in [6.07, 6.45) is 1.77. The molecule has 2 rings (SSSR count). The minimum Gasteiger partial charge on any atom is -0.329 e. The van der Waals surface area contributed by atoms with E-state index < -0.39 is 0 Å². The van der Waals surface area contributed by atoms with Crippen LogP contribution in [0.25, 0.3) is 10.9 Å². The number of benzene rings is 1. The molecule has 3 nitrogen and oxygen atoms in total. The molecule has 0 aliphatic heterocycles. The smallest absolute Gasteiger partial charge is 0.0765 e. The first kappa shape index (κ1) is 14.0. The summed E-state index contributed by atoms with van der Waals surface area (Å²) in [5.41, 5.74) is 8.92. The van der Waals surface area contributed by atoms with E-state index in [-0.39, 0.29) is 6.04 Å². The van der Waals surface area contributed by atoms with Crippen molar-refractivity contribution in [1.29, 1.82) is 0 Å². The Bertz CT molecular complexity index is 595. The molecule has 0 aliphatic carbocycles. The van der Waals surface area contributed by atoms with Crippen LogP contribution in [0.2, 0.25) is 5.02 Å². The summed E-state index contributed by atoms with van der Waals surface area (Å²) >= 11 is 6.20. The van der Waals surface area contributed by atoms with Crippen molar-refractivity contribution in [3.8, 4) is 0 Å². The van der Waals surface area contributed by atoms with Gasteiger partial charge in [0.05, 0.1) is 5.52 Å². The van der Waals surface area contributed by atoms with E-state index >= 15 is 0 Å². The highest BCUT2D eigenvalue weighted by atomic mass is 35.5. The van der Waals surface area contributed by atoms with Crippen LogP contribution in [-0.4, -0.2) is 18.1 Å². The highest BCUT2D eigenvalue weighted by molar-refractivity contribution is 6.35. The fourth-order valence-corrected chi connectivity index (χ4v) is 2.27. The van der Waals surface area contributed by atoms with Crippen LogP contribution < -0.4 is 11.1 Å². The fourth-order valence-electron chi connectivity index (χ4n) is 2.06. The molecule has 1 aromatic carbocycles. The molecule has 0 saturated heterocycles. The Morgan fingerprint density at radius 1 is 1.47 bits per heavy atom. The summed E-state index contributed by atoms with van der Waals surface area (Å²) in [4.78, 5) is 4.44. The SMILES string of the molecule is C=C(C)CNC(CN)c1ccc(Cl)c2cccnc12. The normalized spacial score (nSPS) is 12.6. The molecule has 1 unspecified atom stereocenters. The number of rotatable bonds is 5. The molecular weight excluding hydrogens is 258 g/mol. The third-order valence-corrected chi connectivity index (χ3v) is 3.34. The van der Waals surface area contributed by atoms with Crippen molar-refractivity contribution in [3.05, 3.63) is 53.2 Å². The summed E-state index contributed by atoms with van der Waals surface area (Å²) in [7, 11) is 0. The molecule has 0 fully saturated rings. The second kappa shape index (κ2) is 6.15. The molecule has 2 aromatic rings. The third-order valence-electron chi connectivity index (χ3n) is 3.01. The number of hydrogen-bond donors (Lipinski definition) is 2. The second-order valence-electron chi connectivity index (χ2n) is 4.66. The topological polar surface area (TPSA) is 50.9 Å². The molecule has 0 aliphatic rings. The highest BCUT2D eigenvalue weighted by Crippen LogP contribution is 2.28. The van der Waals surface area contributed by atoms with E-state index in [1.165, 1.54) is 0 Å². The molecule has 0 spiro atoms. The molecular formula is C15H18ClN3. The van der Waals surface area contributed by atoms with Crippen LogP contribution in [0.1, 0.15) is 18.5 Å². The van der Waals surface area contributed by atoms with Crippen molar-refractivity contribution < 1.29 is 0 Å². The summed E-state index contributed by atoms with van der Waals surface area (Å²) in [5, 5.41) is 5.06. The first-order valence-corrected chi connectivity index (χ1v) is 6.62. The van der Waals surface area contributed by atoms with Crippen molar-refractivity contribution in [2.75, 3.05) is 13.1 Å². The quantitative estimate of drug-likeness (QED) is 0.825. The molecule has 1 atom stereocenters.